The molecule has 112 valence electrons. The van der Waals surface area contributed by atoms with Crippen LogP contribution in [-0.2, 0) is 6.54 Å². The van der Waals surface area contributed by atoms with E-state index in [2.05, 4.69) is 60.3 Å². The third-order valence-electron chi connectivity index (χ3n) is 4.07. The second kappa shape index (κ2) is 7.65. The third kappa shape index (κ3) is 4.22. The van der Waals surface area contributed by atoms with Gasteiger partial charge in [0, 0.05) is 31.4 Å². The Morgan fingerprint density at radius 2 is 1.95 bits per heavy atom. The van der Waals surface area contributed by atoms with Crippen LogP contribution in [0, 0.1) is 0 Å². The minimum atomic E-state index is 0.589. The highest BCUT2D eigenvalue weighted by Crippen LogP contribution is 2.20. The molecule has 2 rings (SSSR count). The number of hydrogen-bond donors (Lipinski definition) is 1. The molecule has 1 heterocycles. The van der Waals surface area contributed by atoms with Crippen LogP contribution in [0.5, 0.6) is 0 Å². The highest BCUT2D eigenvalue weighted by Gasteiger charge is 2.19. The Bertz CT molecular complexity index is 388. The molecule has 1 aliphatic rings. The average molecular weight is 275 g/mol. The summed E-state index contributed by atoms with van der Waals surface area (Å²) in [6.45, 7) is 10.1. The van der Waals surface area contributed by atoms with Crippen LogP contribution >= 0.6 is 0 Å². The first-order valence-electron chi connectivity index (χ1n) is 7.95. The Hall–Kier alpha value is -1.06. The molecule has 0 spiro atoms. The van der Waals surface area contributed by atoms with E-state index in [1.807, 2.05) is 0 Å². The summed E-state index contributed by atoms with van der Waals surface area (Å²) in [5, 5.41) is 3.45. The van der Waals surface area contributed by atoms with Crippen molar-refractivity contribution in [3.8, 4) is 0 Å². The highest BCUT2D eigenvalue weighted by molar-refractivity contribution is 5.48. The largest absolute Gasteiger partial charge is 0.367 e. The van der Waals surface area contributed by atoms with Gasteiger partial charge in [0.1, 0.15) is 0 Å². The third-order valence-corrected chi connectivity index (χ3v) is 4.07. The molecule has 0 bridgehead atoms. The number of hydrogen-bond acceptors (Lipinski definition) is 3. The van der Waals surface area contributed by atoms with Gasteiger partial charge in [-0.25, -0.2) is 0 Å². The summed E-state index contributed by atoms with van der Waals surface area (Å²) in [5.41, 5.74) is 2.74. The maximum Gasteiger partial charge on any atom is 0.0388 e. The van der Waals surface area contributed by atoms with Gasteiger partial charge in [-0.1, -0.05) is 19.1 Å². The lowest BCUT2D eigenvalue weighted by molar-refractivity contribution is 0.337. The molecule has 3 nitrogen and oxygen atoms in total. The lowest BCUT2D eigenvalue weighted by Gasteiger charge is -2.30. The molecule has 1 N–H and O–H groups in total. The molecule has 1 atom stereocenters. The van der Waals surface area contributed by atoms with Gasteiger partial charge in [-0.2, -0.15) is 0 Å². The summed E-state index contributed by atoms with van der Waals surface area (Å²) in [6, 6.07) is 9.68. The molecule has 1 aromatic carbocycles. The predicted molar refractivity (Wildman–Crippen MR) is 87.4 cm³/mol. The standard InChI is InChI=1S/C17H29N3/c1-4-10-18-13-16-6-8-17(9-7-16)20-12-5-11-19(3)14-15(20)2/h6-9,15,18H,4-5,10-14H2,1-3H3. The molecule has 0 aromatic heterocycles. The molecular weight excluding hydrogens is 246 g/mol. The van der Waals surface area contributed by atoms with Gasteiger partial charge in [0.2, 0.25) is 0 Å². The van der Waals surface area contributed by atoms with E-state index in [1.54, 1.807) is 0 Å². The molecule has 0 saturated carbocycles. The fourth-order valence-electron chi connectivity index (χ4n) is 2.97. The second-order valence-corrected chi connectivity index (χ2v) is 6.00. The van der Waals surface area contributed by atoms with E-state index in [0.717, 1.165) is 19.6 Å². The zero-order chi connectivity index (χ0) is 14.4. The first-order valence-corrected chi connectivity index (χ1v) is 7.95. The van der Waals surface area contributed by atoms with Crippen molar-refractivity contribution in [2.75, 3.05) is 38.1 Å². The van der Waals surface area contributed by atoms with Gasteiger partial charge >= 0.3 is 0 Å². The van der Waals surface area contributed by atoms with Gasteiger partial charge in [-0.15, -0.1) is 0 Å². The smallest absolute Gasteiger partial charge is 0.0388 e. The number of nitrogens with zero attached hydrogens (tertiary/aromatic N) is 2. The van der Waals surface area contributed by atoms with E-state index in [4.69, 9.17) is 0 Å². The van der Waals surface area contributed by atoms with Crippen molar-refractivity contribution < 1.29 is 0 Å². The molecule has 0 aliphatic carbocycles. The van der Waals surface area contributed by atoms with E-state index < -0.39 is 0 Å². The first kappa shape index (κ1) is 15.3. The number of rotatable bonds is 5. The molecule has 1 unspecified atom stereocenters. The molecule has 0 radical (unpaired) electrons. The normalized spacial score (nSPS) is 20.9. The number of benzene rings is 1. The lowest BCUT2D eigenvalue weighted by Crippen LogP contribution is -2.37. The van der Waals surface area contributed by atoms with Crippen molar-refractivity contribution in [3.05, 3.63) is 29.8 Å². The maximum atomic E-state index is 3.45. The quantitative estimate of drug-likeness (QED) is 0.834. The molecule has 1 aromatic rings. The van der Waals surface area contributed by atoms with E-state index in [9.17, 15) is 0 Å². The van der Waals surface area contributed by atoms with E-state index in [-0.39, 0.29) is 0 Å². The fraction of sp³-hybridized carbons (Fsp3) is 0.647. The number of likely N-dealkylation sites (N-methyl/N-ethyl adjacent to an activating group) is 1. The van der Waals surface area contributed by atoms with Crippen molar-refractivity contribution in [2.45, 2.75) is 39.3 Å². The summed E-state index contributed by atoms with van der Waals surface area (Å²) in [7, 11) is 2.22. The zero-order valence-corrected chi connectivity index (χ0v) is 13.2. The topological polar surface area (TPSA) is 18.5 Å². The van der Waals surface area contributed by atoms with Crippen molar-refractivity contribution in [3.63, 3.8) is 0 Å². The minimum Gasteiger partial charge on any atom is -0.367 e. The van der Waals surface area contributed by atoms with E-state index in [1.165, 1.54) is 37.2 Å². The van der Waals surface area contributed by atoms with Crippen LogP contribution in [0.3, 0.4) is 0 Å². The Labute approximate surface area is 124 Å². The molecular formula is C17H29N3. The van der Waals surface area contributed by atoms with Crippen LogP contribution in [0.25, 0.3) is 0 Å². The molecule has 1 fully saturated rings. The van der Waals surface area contributed by atoms with Gasteiger partial charge in [0.05, 0.1) is 0 Å². The molecule has 1 saturated heterocycles. The minimum absolute atomic E-state index is 0.589. The van der Waals surface area contributed by atoms with Crippen LogP contribution in [0.1, 0.15) is 32.3 Å². The fourth-order valence-corrected chi connectivity index (χ4v) is 2.97. The zero-order valence-electron chi connectivity index (χ0n) is 13.2. The summed E-state index contributed by atoms with van der Waals surface area (Å²) in [6.07, 6.45) is 2.44. The summed E-state index contributed by atoms with van der Waals surface area (Å²) in [5.74, 6) is 0. The van der Waals surface area contributed by atoms with Crippen molar-refractivity contribution in [1.29, 1.82) is 0 Å². The second-order valence-electron chi connectivity index (χ2n) is 6.00. The highest BCUT2D eigenvalue weighted by atomic mass is 15.2. The number of anilines is 1. The lowest BCUT2D eigenvalue weighted by atomic mass is 10.1. The van der Waals surface area contributed by atoms with Crippen LogP contribution in [0.2, 0.25) is 0 Å². The Kier molecular flexibility index (Phi) is 5.86. The summed E-state index contributed by atoms with van der Waals surface area (Å²) < 4.78 is 0. The Morgan fingerprint density at radius 1 is 1.20 bits per heavy atom. The molecule has 3 heteroatoms. The van der Waals surface area contributed by atoms with E-state index >= 15 is 0 Å². The van der Waals surface area contributed by atoms with Gasteiger partial charge in [-0.05, 0) is 57.6 Å². The Morgan fingerprint density at radius 3 is 2.65 bits per heavy atom. The predicted octanol–water partition coefficient (Wildman–Crippen LogP) is 2.72. The monoisotopic (exact) mass is 275 g/mol. The maximum absolute atomic E-state index is 3.45. The summed E-state index contributed by atoms with van der Waals surface area (Å²) in [4.78, 5) is 4.99. The van der Waals surface area contributed by atoms with Crippen molar-refractivity contribution in [1.82, 2.24) is 10.2 Å². The van der Waals surface area contributed by atoms with E-state index in [0.29, 0.717) is 6.04 Å². The summed E-state index contributed by atoms with van der Waals surface area (Å²) >= 11 is 0. The Balaban J connectivity index is 1.97. The first-order chi connectivity index (χ1) is 9.70. The molecule has 20 heavy (non-hydrogen) atoms. The molecule has 1 aliphatic heterocycles. The SMILES string of the molecule is CCCNCc1ccc(N2CCCN(C)CC2C)cc1. The molecule has 0 amide bonds. The van der Waals surface area contributed by atoms with Crippen LogP contribution in [0.15, 0.2) is 24.3 Å². The van der Waals surface area contributed by atoms with Gasteiger partial charge in [0.25, 0.3) is 0 Å². The van der Waals surface area contributed by atoms with Crippen LogP contribution in [0.4, 0.5) is 5.69 Å². The van der Waals surface area contributed by atoms with Crippen LogP contribution in [-0.4, -0.2) is 44.2 Å². The van der Waals surface area contributed by atoms with Crippen LogP contribution < -0.4 is 10.2 Å². The van der Waals surface area contributed by atoms with Crippen molar-refractivity contribution in [2.24, 2.45) is 0 Å². The van der Waals surface area contributed by atoms with Gasteiger partial charge in [-0.3, -0.25) is 0 Å². The average Bonchev–Trinajstić information content (AvgIpc) is 2.61. The number of nitrogens with one attached hydrogen (secondary N) is 1. The van der Waals surface area contributed by atoms with Crippen molar-refractivity contribution >= 4 is 5.69 Å². The van der Waals surface area contributed by atoms with Gasteiger partial charge < -0.3 is 15.1 Å². The van der Waals surface area contributed by atoms with Gasteiger partial charge in [0.15, 0.2) is 0 Å².